The zero-order valence-electron chi connectivity index (χ0n) is 5.66. The monoisotopic (exact) mass is 282 g/mol. The molecule has 0 aliphatic carbocycles. The third kappa shape index (κ3) is 294. The van der Waals surface area contributed by atoms with Crippen molar-refractivity contribution in [1.82, 2.24) is 0 Å². The van der Waals surface area contributed by atoms with Crippen LogP contribution in [-0.4, -0.2) is 82.0 Å². The predicted molar refractivity (Wildman–Crippen MR) is 33.9 cm³/mol. The van der Waals surface area contributed by atoms with Crippen molar-refractivity contribution < 1.29 is 86.4 Å². The molecule has 8 nitrogen and oxygen atoms in total. The van der Waals surface area contributed by atoms with E-state index in [1.807, 2.05) is 0 Å². The Morgan fingerprint density at radius 3 is 0.692 bits per heavy atom. The van der Waals surface area contributed by atoms with E-state index in [0.29, 0.717) is 0 Å². The van der Waals surface area contributed by atoms with Crippen molar-refractivity contribution in [3.8, 4) is 0 Å². The Morgan fingerprint density at radius 2 is 0.692 bits per heavy atom. The first-order valence-corrected chi connectivity index (χ1v) is 4.00. The van der Waals surface area contributed by atoms with Gasteiger partial charge < -0.3 is 18.2 Å². The minimum absolute atomic E-state index is 0. The zero-order valence-corrected chi connectivity index (χ0v) is 11.6. The van der Waals surface area contributed by atoms with Crippen LogP contribution in [-0.2, 0) is 20.8 Å². The summed E-state index contributed by atoms with van der Waals surface area (Å²) in [5.74, 6) is 0. The number of hydrogen-bond donors (Lipinski definition) is 0. The molecule has 0 radical (unpaired) electrons. The van der Waals surface area contributed by atoms with Crippen LogP contribution in [0.1, 0.15) is 0 Å². The van der Waals surface area contributed by atoms with Crippen molar-refractivity contribution in [3.05, 3.63) is 0 Å². The quantitative estimate of drug-likeness (QED) is 0.240. The summed E-state index contributed by atoms with van der Waals surface area (Å²) in [5.41, 5.74) is 0. The predicted octanol–water partition coefficient (Wildman–Crippen LogP) is -6.70. The third-order valence-corrected chi connectivity index (χ3v) is 0. The average molecular weight is 282 g/mol. The molecule has 13 heteroatoms. The van der Waals surface area contributed by atoms with Gasteiger partial charge in [-0.25, -0.2) is 0 Å². The standard InChI is InChI=1S/Al.K.Na.2H2O4S.H/c;;;2*1-5(2,3)4;/h;;;2*(H2,1,2,3,4);/q+3;+1;;;;/p-4. The molecule has 0 aromatic carbocycles. The summed E-state index contributed by atoms with van der Waals surface area (Å²) < 4.78 is 68.2. The molecule has 0 fully saturated rings. The summed E-state index contributed by atoms with van der Waals surface area (Å²) in [6.07, 6.45) is 0. The van der Waals surface area contributed by atoms with Crippen molar-refractivity contribution in [2.45, 2.75) is 0 Å². The van der Waals surface area contributed by atoms with Crippen LogP contribution in [0.2, 0.25) is 0 Å². The van der Waals surface area contributed by atoms with Crippen LogP contribution in [0.3, 0.4) is 0 Å². The molecule has 0 aromatic heterocycles. The van der Waals surface area contributed by atoms with Gasteiger partial charge >= 0.3 is 98.3 Å². The Morgan fingerprint density at radius 1 is 0.692 bits per heavy atom. The molecule has 0 heterocycles. The SMILES string of the molecule is O=S(=O)([O-])[O-].O=S(=O)([O-])[O-].[Al+3].[K+].[NaH]. The van der Waals surface area contributed by atoms with Crippen molar-refractivity contribution in [1.29, 1.82) is 0 Å². The minimum atomic E-state index is -5.17. The van der Waals surface area contributed by atoms with Gasteiger partial charge in [-0.3, -0.25) is 16.8 Å². The maximum atomic E-state index is 8.52. The summed E-state index contributed by atoms with van der Waals surface area (Å²) in [4.78, 5) is 0. The van der Waals surface area contributed by atoms with Gasteiger partial charge in [0.05, 0.1) is 0 Å². The van der Waals surface area contributed by atoms with E-state index in [0.717, 1.165) is 0 Å². The van der Waals surface area contributed by atoms with Gasteiger partial charge in [0.25, 0.3) is 0 Å². The van der Waals surface area contributed by atoms with Crippen LogP contribution in [0.25, 0.3) is 0 Å². The maximum absolute atomic E-state index is 8.52. The van der Waals surface area contributed by atoms with E-state index < -0.39 is 20.8 Å². The molecular weight excluding hydrogens is 281 g/mol. The fourth-order valence-electron chi connectivity index (χ4n) is 0. The Bertz CT molecular complexity index is 219. The van der Waals surface area contributed by atoms with Gasteiger partial charge in [-0.05, 0) is 0 Å². The topological polar surface area (TPSA) is 161 Å². The summed E-state index contributed by atoms with van der Waals surface area (Å²) in [7, 11) is -10.3. The second-order valence-electron chi connectivity index (χ2n) is 0.816. The third-order valence-electron chi connectivity index (χ3n) is 0. The molecular formula is HAlKNaO8S2. The molecule has 0 spiro atoms. The molecule has 0 saturated carbocycles. The van der Waals surface area contributed by atoms with Gasteiger partial charge in [-0.2, -0.15) is 0 Å². The van der Waals surface area contributed by atoms with Gasteiger partial charge in [-0.1, -0.05) is 0 Å². The Labute approximate surface area is 151 Å². The van der Waals surface area contributed by atoms with Crippen LogP contribution >= 0.6 is 0 Å². The molecule has 0 amide bonds. The number of rotatable bonds is 0. The molecule has 0 aromatic rings. The van der Waals surface area contributed by atoms with Crippen molar-refractivity contribution in [2.75, 3.05) is 0 Å². The summed E-state index contributed by atoms with van der Waals surface area (Å²) >= 11 is 0. The van der Waals surface area contributed by atoms with E-state index in [2.05, 4.69) is 0 Å². The fraction of sp³-hybridized carbons (Fsp3) is 0. The summed E-state index contributed by atoms with van der Waals surface area (Å²) in [6.45, 7) is 0. The van der Waals surface area contributed by atoms with Gasteiger partial charge in [0.1, 0.15) is 0 Å². The van der Waals surface area contributed by atoms with Gasteiger partial charge in [0, 0.05) is 20.8 Å². The van der Waals surface area contributed by atoms with Crippen molar-refractivity contribution >= 4 is 67.7 Å². The van der Waals surface area contributed by atoms with Gasteiger partial charge in [0.15, 0.2) is 0 Å². The Hall–Kier alpha value is 2.91. The second-order valence-corrected chi connectivity index (χ2v) is 2.45. The second kappa shape index (κ2) is 13.0. The molecule has 0 rings (SSSR count). The molecule has 66 valence electrons. The van der Waals surface area contributed by atoms with Crippen molar-refractivity contribution in [3.63, 3.8) is 0 Å². The van der Waals surface area contributed by atoms with E-state index in [1.54, 1.807) is 0 Å². The van der Waals surface area contributed by atoms with Gasteiger partial charge in [-0.15, -0.1) is 0 Å². The fourth-order valence-corrected chi connectivity index (χ4v) is 0. The Kier molecular flexibility index (Phi) is 29.7. The summed E-state index contributed by atoms with van der Waals surface area (Å²) in [5, 5.41) is 0. The first-order valence-electron chi connectivity index (χ1n) is 1.33. The van der Waals surface area contributed by atoms with E-state index >= 15 is 0 Å². The van der Waals surface area contributed by atoms with E-state index in [-0.39, 0.29) is 98.3 Å². The van der Waals surface area contributed by atoms with Crippen LogP contribution in [0, 0.1) is 0 Å². The molecule has 0 bridgehead atoms. The van der Waals surface area contributed by atoms with Crippen molar-refractivity contribution in [2.24, 2.45) is 0 Å². The van der Waals surface area contributed by atoms with Crippen LogP contribution in [0.15, 0.2) is 0 Å². The van der Waals surface area contributed by atoms with E-state index in [1.165, 1.54) is 0 Å². The van der Waals surface area contributed by atoms with E-state index in [4.69, 9.17) is 35.0 Å². The van der Waals surface area contributed by atoms with Crippen LogP contribution in [0.4, 0.5) is 0 Å². The average Bonchev–Trinajstić information content (AvgIpc) is 1.12. The first kappa shape index (κ1) is 29.7. The molecule has 0 aliphatic rings. The number of hydrogen-bond acceptors (Lipinski definition) is 8. The van der Waals surface area contributed by atoms with Crippen LogP contribution in [0.5, 0.6) is 0 Å². The molecule has 0 aliphatic heterocycles. The molecule has 0 atom stereocenters. The molecule has 0 N–H and O–H groups in total. The molecule has 13 heavy (non-hydrogen) atoms. The zero-order chi connectivity index (χ0) is 9.00. The normalized spacial score (nSPS) is 8.92. The summed E-state index contributed by atoms with van der Waals surface area (Å²) in [6, 6.07) is 0. The molecule has 0 saturated heterocycles. The first-order chi connectivity index (χ1) is 4.00. The van der Waals surface area contributed by atoms with Gasteiger partial charge in [0.2, 0.25) is 0 Å². The molecule has 0 unspecified atom stereocenters. The van der Waals surface area contributed by atoms with E-state index in [9.17, 15) is 0 Å². The van der Waals surface area contributed by atoms with Crippen LogP contribution < -0.4 is 51.4 Å². The Balaban J connectivity index is -0.0000000267.